The average molecular weight is 297 g/mol. The van der Waals surface area contributed by atoms with Gasteiger partial charge in [-0.3, -0.25) is 14.3 Å². The summed E-state index contributed by atoms with van der Waals surface area (Å²) in [5, 5.41) is 23.2. The van der Waals surface area contributed by atoms with Gasteiger partial charge in [-0.05, 0) is 19.4 Å². The molecule has 1 fully saturated rings. The highest BCUT2D eigenvalue weighted by Crippen LogP contribution is 2.39. The van der Waals surface area contributed by atoms with Crippen LogP contribution in [0.25, 0.3) is 10.4 Å². The maximum Gasteiger partial charge on any atom is 0.330 e. The van der Waals surface area contributed by atoms with E-state index in [4.69, 9.17) is 10.3 Å². The second-order valence-electron chi connectivity index (χ2n) is 5.06. The van der Waals surface area contributed by atoms with E-state index in [2.05, 4.69) is 15.0 Å². The van der Waals surface area contributed by atoms with Gasteiger partial charge in [-0.15, -0.1) is 0 Å². The van der Waals surface area contributed by atoms with Crippen molar-refractivity contribution < 1.29 is 14.9 Å². The van der Waals surface area contributed by atoms with Crippen LogP contribution in [0.15, 0.2) is 20.9 Å². The largest absolute Gasteiger partial charge is 0.394 e. The third-order valence-corrected chi connectivity index (χ3v) is 3.51. The number of azide groups is 1. The van der Waals surface area contributed by atoms with Crippen LogP contribution in [0.4, 0.5) is 0 Å². The van der Waals surface area contributed by atoms with E-state index in [-0.39, 0.29) is 5.56 Å². The number of aliphatic hydroxyl groups excluding tert-OH is 1. The monoisotopic (exact) mass is 297 g/mol. The molecule has 1 aromatic heterocycles. The molecule has 0 radical (unpaired) electrons. The van der Waals surface area contributed by atoms with Crippen molar-refractivity contribution in [3.05, 3.63) is 43.0 Å². The highest BCUT2D eigenvalue weighted by atomic mass is 16.6. The van der Waals surface area contributed by atoms with Gasteiger partial charge in [-0.25, -0.2) is 4.79 Å². The lowest BCUT2D eigenvalue weighted by molar-refractivity contribution is -0.0904. The van der Waals surface area contributed by atoms with E-state index in [1.807, 2.05) is 0 Å². The fraction of sp³-hybridized carbons (Fsp3) is 0.636. The van der Waals surface area contributed by atoms with Crippen LogP contribution in [0.2, 0.25) is 0 Å². The molecule has 1 aromatic rings. The van der Waals surface area contributed by atoms with Crippen LogP contribution in [-0.2, 0) is 4.74 Å². The van der Waals surface area contributed by atoms with Gasteiger partial charge in [0.2, 0.25) is 0 Å². The van der Waals surface area contributed by atoms with Gasteiger partial charge in [0.25, 0.3) is 5.56 Å². The Labute approximate surface area is 118 Å². The second kappa shape index (κ2) is 5.34. The minimum atomic E-state index is -1.73. The van der Waals surface area contributed by atoms with Gasteiger partial charge in [-0.1, -0.05) is 5.11 Å². The van der Waals surface area contributed by atoms with Crippen LogP contribution >= 0.6 is 0 Å². The van der Waals surface area contributed by atoms with Crippen molar-refractivity contribution in [3.63, 3.8) is 0 Å². The van der Waals surface area contributed by atoms with E-state index in [9.17, 15) is 19.8 Å². The van der Waals surface area contributed by atoms with Crippen molar-refractivity contribution in [2.24, 2.45) is 5.11 Å². The van der Waals surface area contributed by atoms with Gasteiger partial charge in [0.15, 0.2) is 6.23 Å². The van der Waals surface area contributed by atoms with Gasteiger partial charge < -0.3 is 14.9 Å². The summed E-state index contributed by atoms with van der Waals surface area (Å²) in [7, 11) is 0. The Bertz CT molecular complexity index is 702. The molecule has 1 saturated heterocycles. The zero-order valence-corrected chi connectivity index (χ0v) is 11.4. The molecule has 0 spiro atoms. The number of hydrogen-bond acceptors (Lipinski definition) is 6. The smallest absolute Gasteiger partial charge is 0.330 e. The Kier molecular flexibility index (Phi) is 3.88. The van der Waals surface area contributed by atoms with E-state index in [1.165, 1.54) is 20.0 Å². The van der Waals surface area contributed by atoms with E-state index in [0.29, 0.717) is 0 Å². The van der Waals surface area contributed by atoms with Crippen LogP contribution in [0.1, 0.15) is 18.7 Å². The summed E-state index contributed by atoms with van der Waals surface area (Å²) in [6, 6.07) is -1.07. The number of aryl methyl sites for hydroxylation is 1. The number of H-pyrrole nitrogens is 1. The summed E-state index contributed by atoms with van der Waals surface area (Å²) < 4.78 is 6.44. The minimum absolute atomic E-state index is 0.252. The highest BCUT2D eigenvalue weighted by molar-refractivity contribution is 5.07. The molecule has 114 valence electrons. The number of aromatic amines is 1. The van der Waals surface area contributed by atoms with E-state index >= 15 is 0 Å². The van der Waals surface area contributed by atoms with Crippen molar-refractivity contribution in [1.82, 2.24) is 9.55 Å². The molecule has 1 aliphatic heterocycles. The lowest BCUT2D eigenvalue weighted by Crippen LogP contribution is -2.46. The van der Waals surface area contributed by atoms with Crippen molar-refractivity contribution in [1.29, 1.82) is 0 Å². The second-order valence-corrected chi connectivity index (χ2v) is 5.06. The van der Waals surface area contributed by atoms with Crippen molar-refractivity contribution in [2.45, 2.75) is 37.8 Å². The molecule has 21 heavy (non-hydrogen) atoms. The van der Waals surface area contributed by atoms with Gasteiger partial charge in [-0.2, -0.15) is 0 Å². The first-order chi connectivity index (χ1) is 9.82. The Morgan fingerprint density at radius 1 is 1.62 bits per heavy atom. The molecule has 10 nitrogen and oxygen atoms in total. The molecule has 1 aliphatic rings. The molecule has 2 rings (SSSR count). The normalized spacial score (nSPS) is 31.9. The molecule has 2 heterocycles. The zero-order valence-electron chi connectivity index (χ0n) is 11.4. The van der Waals surface area contributed by atoms with Crippen LogP contribution in [-0.4, -0.2) is 44.1 Å². The molecule has 4 atom stereocenters. The summed E-state index contributed by atoms with van der Waals surface area (Å²) in [6.45, 7) is 2.33. The van der Waals surface area contributed by atoms with E-state index < -0.39 is 41.8 Å². The van der Waals surface area contributed by atoms with Crippen LogP contribution < -0.4 is 11.2 Å². The van der Waals surface area contributed by atoms with Crippen molar-refractivity contribution in [2.75, 3.05) is 6.61 Å². The lowest BCUT2D eigenvalue weighted by atomic mass is 9.94. The fourth-order valence-electron chi connectivity index (χ4n) is 2.40. The molecular weight excluding hydrogens is 282 g/mol. The van der Waals surface area contributed by atoms with Crippen molar-refractivity contribution in [3.8, 4) is 0 Å². The first-order valence-electron chi connectivity index (χ1n) is 6.18. The Balaban J connectivity index is 2.55. The number of rotatable bonds is 3. The lowest BCUT2D eigenvalue weighted by Gasteiger charge is -2.28. The number of nitrogens with zero attached hydrogens (tertiary/aromatic N) is 4. The van der Waals surface area contributed by atoms with Gasteiger partial charge in [0.1, 0.15) is 5.60 Å². The average Bonchev–Trinajstić information content (AvgIpc) is 2.66. The summed E-state index contributed by atoms with van der Waals surface area (Å²) in [5.74, 6) is 0. The van der Waals surface area contributed by atoms with Gasteiger partial charge >= 0.3 is 5.69 Å². The van der Waals surface area contributed by atoms with Crippen LogP contribution in [0.3, 0.4) is 0 Å². The zero-order chi connectivity index (χ0) is 15.8. The SMILES string of the molecule is Cc1cn([C@@H]2O[C@H](CO)[C@@H](N=[N+]=[N-])[C@@]2(C)O)c(=O)[nH]c1=O. The first kappa shape index (κ1) is 15.3. The number of hydrogen-bond donors (Lipinski definition) is 3. The minimum Gasteiger partial charge on any atom is -0.394 e. The predicted molar refractivity (Wildman–Crippen MR) is 70.6 cm³/mol. The first-order valence-corrected chi connectivity index (χ1v) is 6.18. The summed E-state index contributed by atoms with van der Waals surface area (Å²) >= 11 is 0. The highest BCUT2D eigenvalue weighted by Gasteiger charge is 2.53. The molecule has 0 aromatic carbocycles. The third kappa shape index (κ3) is 2.45. The summed E-state index contributed by atoms with van der Waals surface area (Å²) in [4.78, 5) is 28.0. The third-order valence-electron chi connectivity index (χ3n) is 3.51. The molecular formula is C11H15N5O5. The maximum absolute atomic E-state index is 11.9. The van der Waals surface area contributed by atoms with Crippen LogP contribution in [0, 0.1) is 6.92 Å². The molecule has 0 aliphatic carbocycles. The quantitative estimate of drug-likeness (QED) is 0.377. The predicted octanol–water partition coefficient (Wildman–Crippen LogP) is -0.835. The summed E-state index contributed by atoms with van der Waals surface area (Å²) in [5.41, 5.74) is 5.77. The molecule has 0 unspecified atom stereocenters. The topological polar surface area (TPSA) is 153 Å². The standard InChI is InChI=1S/C11H15N5O5/c1-5-3-16(10(19)13-8(5)18)9-11(2,20)7(14-15-12)6(4-17)21-9/h3,6-7,9,17,20H,4H2,1-2H3,(H,13,18,19)/t6-,7-,9-,11-/m1/s1. The summed E-state index contributed by atoms with van der Waals surface area (Å²) in [6.07, 6.45) is -0.916. The van der Waals surface area contributed by atoms with E-state index in [1.54, 1.807) is 0 Å². The number of ether oxygens (including phenoxy) is 1. The number of aliphatic hydroxyl groups is 2. The number of aromatic nitrogens is 2. The maximum atomic E-state index is 11.9. The van der Waals surface area contributed by atoms with Gasteiger partial charge in [0, 0.05) is 16.7 Å². The van der Waals surface area contributed by atoms with Crippen molar-refractivity contribution >= 4 is 0 Å². The van der Waals surface area contributed by atoms with E-state index in [0.717, 1.165) is 4.57 Å². The molecule has 10 heteroatoms. The Hall–Kier alpha value is -2.13. The molecule has 0 amide bonds. The molecule has 0 saturated carbocycles. The Morgan fingerprint density at radius 3 is 2.86 bits per heavy atom. The molecule has 0 bridgehead atoms. The fourth-order valence-corrected chi connectivity index (χ4v) is 2.40. The Morgan fingerprint density at radius 2 is 2.29 bits per heavy atom. The van der Waals surface area contributed by atoms with Gasteiger partial charge in [0.05, 0.1) is 18.8 Å². The van der Waals surface area contributed by atoms with Crippen LogP contribution in [0.5, 0.6) is 0 Å². The number of nitrogens with one attached hydrogen (secondary N) is 1. The molecule has 3 N–H and O–H groups in total.